The second kappa shape index (κ2) is 14.1. The molecule has 0 atom stereocenters. The van der Waals surface area contributed by atoms with E-state index in [4.69, 9.17) is 0 Å². The van der Waals surface area contributed by atoms with Crippen molar-refractivity contribution in [2.24, 2.45) is 5.92 Å². The predicted molar refractivity (Wildman–Crippen MR) is 177 cm³/mol. The molecule has 4 aromatic rings. The average molecular weight is 615 g/mol. The summed E-state index contributed by atoms with van der Waals surface area (Å²) in [5.74, 6) is 2.29. The first kappa shape index (κ1) is 30.5. The third-order valence-corrected chi connectivity index (χ3v) is 9.65. The van der Waals surface area contributed by atoms with Crippen LogP contribution in [0.1, 0.15) is 61.6 Å². The number of nitrogens with one attached hydrogen (secondary N) is 3. The first-order valence-electron chi connectivity index (χ1n) is 16.0. The van der Waals surface area contributed by atoms with Gasteiger partial charge in [0, 0.05) is 24.3 Å². The second-order valence-corrected chi connectivity index (χ2v) is 12.6. The fraction of sp³-hybridized carbons (Fsp3) is 0.471. The van der Waals surface area contributed by atoms with Gasteiger partial charge in [-0.05, 0) is 99.8 Å². The highest BCUT2D eigenvalue weighted by Crippen LogP contribution is 2.35. The third kappa shape index (κ3) is 7.06. The van der Waals surface area contributed by atoms with Crippen LogP contribution in [-0.2, 0) is 11.2 Å². The van der Waals surface area contributed by atoms with Gasteiger partial charge in [0.05, 0.1) is 12.7 Å². The molecule has 0 unspecified atom stereocenters. The molecule has 0 bridgehead atoms. The highest BCUT2D eigenvalue weighted by atomic mass is 35.5. The highest BCUT2D eigenvalue weighted by Gasteiger charge is 2.33. The minimum atomic E-state index is 0. The predicted octanol–water partition coefficient (Wildman–Crippen LogP) is 5.23. The van der Waals surface area contributed by atoms with Gasteiger partial charge in [-0.3, -0.25) is 4.79 Å². The van der Waals surface area contributed by atoms with Gasteiger partial charge in [0.1, 0.15) is 6.33 Å². The summed E-state index contributed by atoms with van der Waals surface area (Å²) in [4.78, 5) is 28.9. The Morgan fingerprint density at radius 2 is 1.66 bits per heavy atom. The van der Waals surface area contributed by atoms with E-state index in [2.05, 4.69) is 64.6 Å². The van der Waals surface area contributed by atoms with Crippen LogP contribution >= 0.6 is 12.4 Å². The molecule has 2 aliphatic heterocycles. The Balaban J connectivity index is 0.00000343. The maximum Gasteiger partial charge on any atom is 0.224 e. The molecule has 3 fully saturated rings. The molecule has 3 aliphatic rings. The molecule has 1 amide bonds. The smallest absolute Gasteiger partial charge is 0.224 e. The number of piperidine rings is 2. The van der Waals surface area contributed by atoms with Gasteiger partial charge in [-0.1, -0.05) is 42.5 Å². The lowest BCUT2D eigenvalue weighted by molar-refractivity contribution is -0.121. The molecule has 2 aromatic heterocycles. The largest absolute Gasteiger partial charge is 0.353 e. The molecular weight excluding hydrogens is 572 g/mol. The van der Waals surface area contributed by atoms with Crippen LogP contribution in [0.15, 0.2) is 67.3 Å². The molecule has 1 saturated carbocycles. The van der Waals surface area contributed by atoms with Gasteiger partial charge in [-0.2, -0.15) is 0 Å². The van der Waals surface area contributed by atoms with Gasteiger partial charge in [0.25, 0.3) is 0 Å². The van der Waals surface area contributed by atoms with E-state index < -0.39 is 0 Å². The molecule has 0 spiro atoms. The van der Waals surface area contributed by atoms with Gasteiger partial charge >= 0.3 is 0 Å². The normalized spacial score (nSPS) is 21.4. The number of hydrogen-bond acceptors (Lipinski definition) is 7. The maximum atomic E-state index is 12.5. The number of likely N-dealkylation sites (tertiary alicyclic amines) is 1. The SMILES string of the molecule is Cl.O=C(Cc1ccccc1)NC1CC(n2cnc3c(Nc4ccc(C5CCN(CC6CCNCC6)CC5)cc4)ncnc32)C1. The fourth-order valence-electron chi connectivity index (χ4n) is 7.06. The molecule has 2 saturated heterocycles. The summed E-state index contributed by atoms with van der Waals surface area (Å²) in [5, 5.41) is 10.1. The van der Waals surface area contributed by atoms with Crippen molar-refractivity contribution in [3.05, 3.63) is 78.4 Å². The van der Waals surface area contributed by atoms with E-state index >= 15 is 0 Å². The summed E-state index contributed by atoms with van der Waals surface area (Å²) in [6, 6.07) is 19.2. The van der Waals surface area contributed by atoms with E-state index in [0.29, 0.717) is 12.3 Å². The van der Waals surface area contributed by atoms with Crippen LogP contribution in [0.5, 0.6) is 0 Å². The summed E-state index contributed by atoms with van der Waals surface area (Å²) in [7, 11) is 0. The zero-order chi connectivity index (χ0) is 29.0. The van der Waals surface area contributed by atoms with E-state index in [1.54, 1.807) is 6.33 Å². The van der Waals surface area contributed by atoms with Crippen LogP contribution in [0.4, 0.5) is 11.5 Å². The van der Waals surface area contributed by atoms with Crippen molar-refractivity contribution in [1.29, 1.82) is 0 Å². The van der Waals surface area contributed by atoms with Crippen LogP contribution in [0.25, 0.3) is 11.2 Å². The van der Waals surface area contributed by atoms with Crippen LogP contribution in [0.2, 0.25) is 0 Å². The van der Waals surface area contributed by atoms with E-state index in [1.807, 2.05) is 36.7 Å². The summed E-state index contributed by atoms with van der Waals surface area (Å²) < 4.78 is 2.13. The zero-order valence-electron chi connectivity index (χ0n) is 25.2. The lowest BCUT2D eigenvalue weighted by Crippen LogP contribution is -2.45. The first-order valence-corrected chi connectivity index (χ1v) is 16.0. The van der Waals surface area contributed by atoms with Crippen molar-refractivity contribution in [2.75, 3.05) is 38.0 Å². The fourth-order valence-corrected chi connectivity index (χ4v) is 7.06. The number of rotatable bonds is 9. The molecular formula is C34H43ClN8O. The Kier molecular flexibility index (Phi) is 9.74. The van der Waals surface area contributed by atoms with Crippen molar-refractivity contribution in [3.8, 4) is 0 Å². The Morgan fingerprint density at radius 3 is 2.41 bits per heavy atom. The van der Waals surface area contributed by atoms with Gasteiger partial charge < -0.3 is 25.4 Å². The van der Waals surface area contributed by atoms with Crippen LogP contribution in [-0.4, -0.2) is 69.1 Å². The molecule has 0 radical (unpaired) electrons. The molecule has 4 heterocycles. The quantitative estimate of drug-likeness (QED) is 0.237. The summed E-state index contributed by atoms with van der Waals surface area (Å²) in [5.41, 5.74) is 5.06. The molecule has 232 valence electrons. The van der Waals surface area contributed by atoms with Crippen molar-refractivity contribution in [2.45, 2.75) is 62.9 Å². The zero-order valence-corrected chi connectivity index (χ0v) is 26.0. The van der Waals surface area contributed by atoms with E-state index in [-0.39, 0.29) is 30.4 Å². The molecule has 9 nitrogen and oxygen atoms in total. The first-order chi connectivity index (χ1) is 21.2. The lowest BCUT2D eigenvalue weighted by Gasteiger charge is -2.36. The van der Waals surface area contributed by atoms with E-state index in [9.17, 15) is 4.79 Å². The Morgan fingerprint density at radius 1 is 0.909 bits per heavy atom. The molecule has 1 aliphatic carbocycles. The van der Waals surface area contributed by atoms with Gasteiger partial charge in [-0.15, -0.1) is 12.4 Å². The molecule has 2 aromatic carbocycles. The number of amides is 1. The molecule has 44 heavy (non-hydrogen) atoms. The summed E-state index contributed by atoms with van der Waals surface area (Å²) in [6.07, 6.45) is 10.7. The van der Waals surface area contributed by atoms with Crippen molar-refractivity contribution in [1.82, 2.24) is 35.1 Å². The third-order valence-electron chi connectivity index (χ3n) is 9.65. The number of nitrogens with zero attached hydrogens (tertiary/aromatic N) is 5. The summed E-state index contributed by atoms with van der Waals surface area (Å²) in [6.45, 7) is 6.05. The monoisotopic (exact) mass is 614 g/mol. The Hall–Kier alpha value is -3.53. The number of aromatic nitrogens is 4. The van der Waals surface area contributed by atoms with Crippen molar-refractivity contribution in [3.63, 3.8) is 0 Å². The van der Waals surface area contributed by atoms with Crippen LogP contribution < -0.4 is 16.0 Å². The minimum absolute atomic E-state index is 0. The Bertz CT molecular complexity index is 1510. The van der Waals surface area contributed by atoms with Crippen LogP contribution in [0.3, 0.4) is 0 Å². The Labute approximate surface area is 265 Å². The van der Waals surface area contributed by atoms with Gasteiger partial charge in [-0.25, -0.2) is 15.0 Å². The number of carbonyl (C=O) groups is 1. The second-order valence-electron chi connectivity index (χ2n) is 12.6. The number of imidazole rings is 1. The number of anilines is 2. The van der Waals surface area contributed by atoms with Crippen molar-refractivity contribution < 1.29 is 4.79 Å². The van der Waals surface area contributed by atoms with E-state index in [1.165, 1.54) is 64.0 Å². The average Bonchev–Trinajstić information content (AvgIpc) is 3.45. The molecule has 7 rings (SSSR count). The molecule has 10 heteroatoms. The number of fused-ring (bicyclic) bond motifs is 1. The van der Waals surface area contributed by atoms with Gasteiger partial charge in [0.2, 0.25) is 5.91 Å². The minimum Gasteiger partial charge on any atom is -0.353 e. The maximum absolute atomic E-state index is 12.5. The van der Waals surface area contributed by atoms with Crippen molar-refractivity contribution >= 4 is 41.0 Å². The topological polar surface area (TPSA) is 100 Å². The van der Waals surface area contributed by atoms with E-state index in [0.717, 1.165) is 47.0 Å². The lowest BCUT2D eigenvalue weighted by atomic mass is 9.86. The number of hydrogen-bond donors (Lipinski definition) is 3. The number of carbonyl (C=O) groups excluding carboxylic acids is 1. The highest BCUT2D eigenvalue weighted by molar-refractivity contribution is 5.86. The molecule has 3 N–H and O–H groups in total. The number of halogens is 1. The van der Waals surface area contributed by atoms with Gasteiger partial charge in [0.15, 0.2) is 17.0 Å². The van der Waals surface area contributed by atoms with Crippen LogP contribution in [0, 0.1) is 5.92 Å². The standard InChI is InChI=1S/C34H42N8O.ClH/c43-31(18-24-4-2-1-3-5-24)39-29-19-30(20-29)42-23-38-32-33(36-22-37-34(32)42)40-28-8-6-26(7-9-28)27-12-16-41(17-13-27)21-25-10-14-35-15-11-25;/h1-9,22-23,25,27,29-30,35H,10-21H2,(H,39,43)(H,36,37,40);1H. The summed E-state index contributed by atoms with van der Waals surface area (Å²) >= 11 is 0. The number of benzene rings is 2.